The van der Waals surface area contributed by atoms with E-state index in [-0.39, 0.29) is 5.41 Å². The number of carbonyl (C=O) groups excluding carboxylic acids is 1. The quantitative estimate of drug-likeness (QED) is 0.868. The smallest absolute Gasteiger partial charge is 0.227 e. The Hall–Kier alpha value is -2.63. The lowest BCUT2D eigenvalue weighted by Gasteiger charge is -2.32. The summed E-state index contributed by atoms with van der Waals surface area (Å²) in [6, 6.07) is 10.2. The molecule has 1 aliphatic rings. The maximum Gasteiger partial charge on any atom is 0.227 e. The van der Waals surface area contributed by atoms with Crippen LogP contribution in [-0.2, 0) is 10.2 Å². The summed E-state index contributed by atoms with van der Waals surface area (Å²) in [5.74, 6) is 1.48. The third kappa shape index (κ3) is 4.07. The van der Waals surface area contributed by atoms with Gasteiger partial charge in [0.2, 0.25) is 12.4 Å². The number of carbonyl (C=O) groups is 1. The van der Waals surface area contributed by atoms with Crippen molar-refractivity contribution in [3.8, 4) is 0 Å². The Bertz CT molecular complexity index is 733. The van der Waals surface area contributed by atoms with Gasteiger partial charge in [0.05, 0.1) is 0 Å². The summed E-state index contributed by atoms with van der Waals surface area (Å²) in [6.45, 7) is 9.51. The Labute approximate surface area is 148 Å². The van der Waals surface area contributed by atoms with Crippen molar-refractivity contribution < 1.29 is 4.79 Å². The first-order chi connectivity index (χ1) is 12.0. The Morgan fingerprint density at radius 1 is 1.08 bits per heavy atom. The van der Waals surface area contributed by atoms with Crippen molar-refractivity contribution in [2.75, 3.05) is 36.4 Å². The lowest BCUT2D eigenvalue weighted by Crippen LogP contribution is -2.46. The number of anilines is 3. The van der Waals surface area contributed by atoms with Gasteiger partial charge in [0.25, 0.3) is 0 Å². The van der Waals surface area contributed by atoms with E-state index >= 15 is 0 Å². The highest BCUT2D eigenvalue weighted by molar-refractivity contribution is 5.63. The van der Waals surface area contributed by atoms with E-state index in [9.17, 15) is 4.79 Å². The van der Waals surface area contributed by atoms with Crippen molar-refractivity contribution in [2.45, 2.75) is 26.2 Å². The van der Waals surface area contributed by atoms with Crippen molar-refractivity contribution in [2.24, 2.45) is 0 Å². The van der Waals surface area contributed by atoms with Gasteiger partial charge in [0.1, 0.15) is 5.82 Å². The number of aromatic nitrogens is 2. The largest absolute Gasteiger partial charge is 0.342 e. The second-order valence-corrected chi connectivity index (χ2v) is 7.29. The van der Waals surface area contributed by atoms with E-state index in [1.807, 2.05) is 12.1 Å². The number of amides is 1. The highest BCUT2D eigenvalue weighted by Crippen LogP contribution is 2.31. The maximum atomic E-state index is 10.8. The first-order valence-electron chi connectivity index (χ1n) is 8.61. The molecule has 1 amide bonds. The molecule has 3 rings (SSSR count). The minimum absolute atomic E-state index is 0.0462. The van der Waals surface area contributed by atoms with Crippen LogP contribution in [0.2, 0.25) is 0 Å². The standard InChI is InChI=1S/C19H25N5O/c1-19(2,3)15-6-4-5-7-16(15)21-17-8-9-20-18(22-17)24-12-10-23(14-25)11-13-24/h4-9,14H,10-13H2,1-3H3,(H,20,21,22). The molecule has 2 aromatic rings. The highest BCUT2D eigenvalue weighted by Gasteiger charge is 2.19. The first kappa shape index (κ1) is 17.2. The summed E-state index contributed by atoms with van der Waals surface area (Å²) >= 11 is 0. The number of nitrogens with one attached hydrogen (secondary N) is 1. The summed E-state index contributed by atoms with van der Waals surface area (Å²) in [7, 11) is 0. The zero-order valence-corrected chi connectivity index (χ0v) is 15.1. The molecule has 6 heteroatoms. The van der Waals surface area contributed by atoms with E-state index in [2.05, 4.69) is 59.2 Å². The summed E-state index contributed by atoms with van der Waals surface area (Å²) in [4.78, 5) is 23.8. The van der Waals surface area contributed by atoms with E-state index in [4.69, 9.17) is 0 Å². The van der Waals surface area contributed by atoms with E-state index < -0.39 is 0 Å². The number of benzene rings is 1. The number of hydrogen-bond donors (Lipinski definition) is 1. The molecule has 25 heavy (non-hydrogen) atoms. The van der Waals surface area contributed by atoms with Crippen molar-refractivity contribution in [3.63, 3.8) is 0 Å². The van der Waals surface area contributed by atoms with Crippen LogP contribution < -0.4 is 10.2 Å². The first-order valence-corrected chi connectivity index (χ1v) is 8.61. The van der Waals surface area contributed by atoms with E-state index in [1.165, 1.54) is 5.56 Å². The van der Waals surface area contributed by atoms with E-state index in [0.717, 1.165) is 31.0 Å². The molecule has 1 aromatic carbocycles. The van der Waals surface area contributed by atoms with Crippen LogP contribution >= 0.6 is 0 Å². The molecular weight excluding hydrogens is 314 g/mol. The lowest BCUT2D eigenvalue weighted by atomic mass is 9.86. The molecule has 0 aliphatic carbocycles. The fraction of sp³-hybridized carbons (Fsp3) is 0.421. The van der Waals surface area contributed by atoms with Gasteiger partial charge in [-0.2, -0.15) is 4.98 Å². The van der Waals surface area contributed by atoms with Crippen LogP contribution in [0.5, 0.6) is 0 Å². The molecule has 0 atom stereocenters. The average molecular weight is 339 g/mol. The van der Waals surface area contributed by atoms with Crippen molar-refractivity contribution in [1.82, 2.24) is 14.9 Å². The molecule has 1 fully saturated rings. The zero-order chi connectivity index (χ0) is 17.9. The van der Waals surface area contributed by atoms with Crippen molar-refractivity contribution in [3.05, 3.63) is 42.1 Å². The third-order valence-electron chi connectivity index (χ3n) is 4.39. The predicted octanol–water partition coefficient (Wildman–Crippen LogP) is 2.80. The molecule has 1 saturated heterocycles. The van der Waals surface area contributed by atoms with Gasteiger partial charge < -0.3 is 15.1 Å². The molecule has 6 nitrogen and oxygen atoms in total. The average Bonchev–Trinajstić information content (AvgIpc) is 2.62. The monoisotopic (exact) mass is 339 g/mol. The van der Waals surface area contributed by atoms with Gasteiger partial charge in [-0.25, -0.2) is 4.98 Å². The van der Waals surface area contributed by atoms with Gasteiger partial charge >= 0.3 is 0 Å². The molecule has 0 unspecified atom stereocenters. The Morgan fingerprint density at radius 3 is 2.48 bits per heavy atom. The lowest BCUT2D eigenvalue weighted by molar-refractivity contribution is -0.118. The van der Waals surface area contributed by atoms with Crippen LogP contribution in [0.3, 0.4) is 0 Å². The third-order valence-corrected chi connectivity index (χ3v) is 4.39. The van der Waals surface area contributed by atoms with Crippen LogP contribution in [0.15, 0.2) is 36.5 Å². The Kier molecular flexibility index (Phi) is 4.88. The van der Waals surface area contributed by atoms with Gasteiger partial charge in [0, 0.05) is 38.1 Å². The van der Waals surface area contributed by atoms with Gasteiger partial charge in [-0.3, -0.25) is 4.79 Å². The van der Waals surface area contributed by atoms with E-state index in [1.54, 1.807) is 11.1 Å². The Morgan fingerprint density at radius 2 is 1.80 bits per heavy atom. The summed E-state index contributed by atoms with van der Waals surface area (Å²) in [6.07, 6.45) is 2.68. The summed E-state index contributed by atoms with van der Waals surface area (Å²) in [5.41, 5.74) is 2.35. The minimum Gasteiger partial charge on any atom is -0.342 e. The zero-order valence-electron chi connectivity index (χ0n) is 15.1. The fourth-order valence-corrected chi connectivity index (χ4v) is 2.98. The highest BCUT2D eigenvalue weighted by atomic mass is 16.1. The van der Waals surface area contributed by atoms with Crippen LogP contribution in [0.4, 0.5) is 17.5 Å². The summed E-state index contributed by atoms with van der Waals surface area (Å²) in [5, 5.41) is 3.43. The minimum atomic E-state index is 0.0462. The van der Waals surface area contributed by atoms with E-state index in [0.29, 0.717) is 19.0 Å². The van der Waals surface area contributed by atoms with Gasteiger partial charge in [-0.15, -0.1) is 0 Å². The molecular formula is C19H25N5O. The number of nitrogens with zero attached hydrogens (tertiary/aromatic N) is 4. The van der Waals surface area contributed by atoms with Crippen molar-refractivity contribution in [1.29, 1.82) is 0 Å². The van der Waals surface area contributed by atoms with Gasteiger partial charge in [0.15, 0.2) is 0 Å². The van der Waals surface area contributed by atoms with Gasteiger partial charge in [-0.1, -0.05) is 39.0 Å². The molecule has 0 saturated carbocycles. The normalized spacial score (nSPS) is 15.2. The second-order valence-electron chi connectivity index (χ2n) is 7.29. The maximum absolute atomic E-state index is 10.8. The molecule has 2 heterocycles. The van der Waals surface area contributed by atoms with Crippen LogP contribution in [0.25, 0.3) is 0 Å². The fourth-order valence-electron chi connectivity index (χ4n) is 2.98. The number of para-hydroxylation sites is 1. The van der Waals surface area contributed by atoms with Crippen molar-refractivity contribution >= 4 is 23.9 Å². The SMILES string of the molecule is CC(C)(C)c1ccccc1Nc1ccnc(N2CCN(C=O)CC2)n1. The molecule has 1 N–H and O–H groups in total. The number of hydrogen-bond acceptors (Lipinski definition) is 5. The Balaban J connectivity index is 1.78. The topological polar surface area (TPSA) is 61.4 Å². The summed E-state index contributed by atoms with van der Waals surface area (Å²) < 4.78 is 0. The molecule has 0 radical (unpaired) electrons. The van der Waals surface area contributed by atoms with Crippen LogP contribution in [0.1, 0.15) is 26.3 Å². The molecule has 0 spiro atoms. The molecule has 1 aliphatic heterocycles. The molecule has 1 aromatic heterocycles. The number of piperazine rings is 1. The van der Waals surface area contributed by atoms with Crippen LogP contribution in [0, 0.1) is 0 Å². The second kappa shape index (κ2) is 7.09. The number of rotatable bonds is 4. The van der Waals surface area contributed by atoms with Crippen LogP contribution in [-0.4, -0.2) is 47.5 Å². The van der Waals surface area contributed by atoms with Gasteiger partial charge in [-0.05, 0) is 23.1 Å². The predicted molar refractivity (Wildman–Crippen MR) is 100 cm³/mol. The molecule has 132 valence electrons. The molecule has 0 bridgehead atoms.